The van der Waals surface area contributed by atoms with Crippen molar-refractivity contribution < 1.29 is 5.11 Å². The molecule has 1 aliphatic rings. The number of aliphatic hydroxyl groups is 1. The standard InChI is InChI=1S/C24H29N3O/c1-17(2)18-7-9-20(10-8-18)24(28,23(3)15-27(4)16-23)21-12-19(13-25-14-21)22-6-5-11-26-22/h5-14,17,26,28H,15-16H2,1-4H3/t24-/m0/s1. The normalized spacial score (nSPS) is 18.6. The Morgan fingerprint density at radius 2 is 1.82 bits per heavy atom. The maximum Gasteiger partial charge on any atom is 0.124 e. The van der Waals surface area contributed by atoms with Gasteiger partial charge in [0.05, 0.1) is 0 Å². The quantitative estimate of drug-likeness (QED) is 0.695. The van der Waals surface area contributed by atoms with Gasteiger partial charge < -0.3 is 15.0 Å². The summed E-state index contributed by atoms with van der Waals surface area (Å²) < 4.78 is 0. The highest BCUT2D eigenvalue weighted by atomic mass is 16.3. The van der Waals surface area contributed by atoms with Crippen LogP contribution in [-0.2, 0) is 5.60 Å². The molecule has 4 nitrogen and oxygen atoms in total. The van der Waals surface area contributed by atoms with E-state index >= 15 is 0 Å². The van der Waals surface area contributed by atoms with E-state index in [0.29, 0.717) is 5.92 Å². The fourth-order valence-corrected chi connectivity index (χ4v) is 4.64. The van der Waals surface area contributed by atoms with Gasteiger partial charge in [0, 0.05) is 53.9 Å². The predicted molar refractivity (Wildman–Crippen MR) is 113 cm³/mol. The van der Waals surface area contributed by atoms with E-state index in [1.807, 2.05) is 30.7 Å². The van der Waals surface area contributed by atoms with E-state index in [1.165, 1.54) is 5.56 Å². The Morgan fingerprint density at radius 3 is 2.39 bits per heavy atom. The number of aromatic nitrogens is 2. The number of nitrogens with one attached hydrogen (secondary N) is 1. The average molecular weight is 376 g/mol. The second kappa shape index (κ2) is 6.87. The minimum atomic E-state index is -1.11. The summed E-state index contributed by atoms with van der Waals surface area (Å²) in [5.74, 6) is 0.463. The lowest BCUT2D eigenvalue weighted by molar-refractivity contribution is -0.127. The van der Waals surface area contributed by atoms with Crippen LogP contribution in [0.2, 0.25) is 0 Å². The number of hydrogen-bond donors (Lipinski definition) is 2. The van der Waals surface area contributed by atoms with Gasteiger partial charge in [0.25, 0.3) is 0 Å². The molecule has 3 heterocycles. The first-order valence-corrected chi connectivity index (χ1v) is 9.94. The second-order valence-corrected chi connectivity index (χ2v) is 8.77. The van der Waals surface area contributed by atoms with Crippen molar-refractivity contribution in [2.75, 3.05) is 20.1 Å². The zero-order valence-corrected chi connectivity index (χ0v) is 17.1. The number of benzene rings is 1. The lowest BCUT2D eigenvalue weighted by atomic mass is 9.62. The zero-order chi connectivity index (χ0) is 19.9. The summed E-state index contributed by atoms with van der Waals surface area (Å²) in [6.07, 6.45) is 5.56. The monoisotopic (exact) mass is 375 g/mol. The molecule has 2 N–H and O–H groups in total. The van der Waals surface area contributed by atoms with E-state index in [2.05, 4.69) is 73.0 Å². The highest BCUT2D eigenvalue weighted by Gasteiger charge is 2.55. The van der Waals surface area contributed by atoms with Gasteiger partial charge in [-0.15, -0.1) is 0 Å². The zero-order valence-electron chi connectivity index (χ0n) is 17.1. The number of hydrogen-bond acceptors (Lipinski definition) is 3. The van der Waals surface area contributed by atoms with E-state index in [-0.39, 0.29) is 5.41 Å². The van der Waals surface area contributed by atoms with Crippen LogP contribution in [-0.4, -0.2) is 40.1 Å². The molecule has 0 spiro atoms. The fraction of sp³-hybridized carbons (Fsp3) is 0.375. The van der Waals surface area contributed by atoms with Crippen molar-refractivity contribution in [1.82, 2.24) is 14.9 Å². The summed E-state index contributed by atoms with van der Waals surface area (Å²) in [7, 11) is 2.09. The van der Waals surface area contributed by atoms with Crippen molar-refractivity contribution >= 4 is 0 Å². The first-order chi connectivity index (χ1) is 13.3. The van der Waals surface area contributed by atoms with Crippen LogP contribution in [0.15, 0.2) is 61.1 Å². The first-order valence-electron chi connectivity index (χ1n) is 9.94. The van der Waals surface area contributed by atoms with Gasteiger partial charge in [-0.05, 0) is 42.3 Å². The Bertz CT molecular complexity index is 940. The molecule has 4 heteroatoms. The van der Waals surface area contributed by atoms with Gasteiger partial charge in [-0.25, -0.2) is 0 Å². The van der Waals surface area contributed by atoms with E-state index in [0.717, 1.165) is 35.5 Å². The summed E-state index contributed by atoms with van der Waals surface area (Å²) in [6, 6.07) is 14.5. The van der Waals surface area contributed by atoms with Gasteiger partial charge in [0.15, 0.2) is 0 Å². The largest absolute Gasteiger partial charge is 0.380 e. The molecule has 0 radical (unpaired) electrons. The number of H-pyrrole nitrogens is 1. The Kier molecular flexibility index (Phi) is 4.64. The van der Waals surface area contributed by atoms with Crippen molar-refractivity contribution in [3.05, 3.63) is 77.7 Å². The molecule has 0 amide bonds. The molecule has 1 atom stereocenters. The third-order valence-electron chi connectivity index (χ3n) is 6.17. The Morgan fingerprint density at radius 1 is 1.11 bits per heavy atom. The van der Waals surface area contributed by atoms with E-state index in [4.69, 9.17) is 0 Å². The maximum absolute atomic E-state index is 12.2. The van der Waals surface area contributed by atoms with Gasteiger partial charge >= 0.3 is 0 Å². The minimum absolute atomic E-state index is 0.281. The topological polar surface area (TPSA) is 52.2 Å². The predicted octanol–water partition coefficient (Wildman–Crippen LogP) is 4.39. The number of pyridine rings is 1. The molecular formula is C24H29N3O. The van der Waals surface area contributed by atoms with Crippen LogP contribution < -0.4 is 0 Å². The Hall–Kier alpha value is -2.43. The van der Waals surface area contributed by atoms with Crippen molar-refractivity contribution in [2.45, 2.75) is 32.3 Å². The molecule has 4 rings (SSSR count). The van der Waals surface area contributed by atoms with E-state index in [1.54, 1.807) is 0 Å². The molecule has 1 aliphatic heterocycles. The van der Waals surface area contributed by atoms with Crippen molar-refractivity contribution in [3.8, 4) is 11.3 Å². The molecule has 1 fully saturated rings. The number of rotatable bonds is 5. The van der Waals surface area contributed by atoms with Gasteiger partial charge in [-0.1, -0.05) is 45.0 Å². The van der Waals surface area contributed by atoms with Crippen LogP contribution in [0.3, 0.4) is 0 Å². The molecule has 2 aromatic heterocycles. The molecule has 146 valence electrons. The van der Waals surface area contributed by atoms with Crippen molar-refractivity contribution in [2.24, 2.45) is 5.41 Å². The maximum atomic E-state index is 12.2. The van der Waals surface area contributed by atoms with Crippen LogP contribution >= 0.6 is 0 Å². The first kappa shape index (κ1) is 18.9. The fourth-order valence-electron chi connectivity index (χ4n) is 4.64. The molecule has 0 aliphatic carbocycles. The molecule has 0 saturated carbocycles. The third kappa shape index (κ3) is 2.97. The van der Waals surface area contributed by atoms with Gasteiger partial charge in [0.2, 0.25) is 0 Å². The SMILES string of the molecule is CC(C)c1ccc([C@](O)(c2cncc(-c3ccc[nH]3)c2)C2(C)CN(C)C2)cc1. The lowest BCUT2D eigenvalue weighted by Crippen LogP contribution is -2.63. The summed E-state index contributed by atoms with van der Waals surface area (Å²) in [6.45, 7) is 8.22. The molecule has 3 aromatic rings. The minimum Gasteiger partial charge on any atom is -0.380 e. The highest BCUT2D eigenvalue weighted by Crippen LogP contribution is 2.50. The number of likely N-dealkylation sites (tertiary alicyclic amines) is 1. The lowest BCUT2D eigenvalue weighted by Gasteiger charge is -2.55. The van der Waals surface area contributed by atoms with Gasteiger partial charge in [0.1, 0.15) is 5.60 Å². The van der Waals surface area contributed by atoms with Gasteiger partial charge in [-0.2, -0.15) is 0 Å². The molecule has 1 aromatic carbocycles. The molecule has 0 bridgehead atoms. The molecule has 28 heavy (non-hydrogen) atoms. The molecule has 1 saturated heterocycles. The number of aromatic amines is 1. The summed E-state index contributed by atoms with van der Waals surface area (Å²) in [5.41, 5.74) is 3.64. The highest BCUT2D eigenvalue weighted by molar-refractivity contribution is 5.60. The second-order valence-electron chi connectivity index (χ2n) is 8.77. The average Bonchev–Trinajstić information content (AvgIpc) is 3.21. The van der Waals surface area contributed by atoms with Crippen LogP contribution in [0.25, 0.3) is 11.3 Å². The Labute approximate surface area is 167 Å². The van der Waals surface area contributed by atoms with E-state index < -0.39 is 5.60 Å². The summed E-state index contributed by atoms with van der Waals surface area (Å²) in [4.78, 5) is 9.96. The smallest absolute Gasteiger partial charge is 0.124 e. The van der Waals surface area contributed by atoms with Crippen LogP contribution in [0.5, 0.6) is 0 Å². The summed E-state index contributed by atoms with van der Waals surface area (Å²) >= 11 is 0. The third-order valence-corrected chi connectivity index (χ3v) is 6.17. The van der Waals surface area contributed by atoms with Crippen LogP contribution in [0, 0.1) is 5.41 Å². The van der Waals surface area contributed by atoms with Gasteiger partial charge in [-0.3, -0.25) is 4.98 Å². The van der Waals surface area contributed by atoms with Crippen molar-refractivity contribution in [1.29, 1.82) is 0 Å². The number of nitrogens with zero attached hydrogens (tertiary/aromatic N) is 2. The van der Waals surface area contributed by atoms with Crippen molar-refractivity contribution in [3.63, 3.8) is 0 Å². The van der Waals surface area contributed by atoms with Crippen LogP contribution in [0.1, 0.15) is 43.4 Å². The molecular weight excluding hydrogens is 346 g/mol. The van der Waals surface area contributed by atoms with E-state index in [9.17, 15) is 5.11 Å². The molecule has 0 unspecified atom stereocenters. The Balaban J connectivity index is 1.84. The van der Waals surface area contributed by atoms with Crippen LogP contribution in [0.4, 0.5) is 0 Å². The summed E-state index contributed by atoms with van der Waals surface area (Å²) in [5, 5.41) is 12.2.